The van der Waals surface area contributed by atoms with Gasteiger partial charge in [-0.2, -0.15) is 0 Å². The van der Waals surface area contributed by atoms with E-state index in [1.165, 1.54) is 0 Å². The molecule has 0 unspecified atom stereocenters. The van der Waals surface area contributed by atoms with Crippen molar-refractivity contribution in [3.8, 4) is 11.5 Å². The van der Waals surface area contributed by atoms with Crippen molar-refractivity contribution in [2.75, 3.05) is 14.2 Å². The molecule has 3 rings (SSSR count). The van der Waals surface area contributed by atoms with Crippen LogP contribution in [-0.2, 0) is 13.1 Å². The first kappa shape index (κ1) is 19.8. The number of rotatable bonds is 7. The first-order valence-corrected chi connectivity index (χ1v) is 9.27. The van der Waals surface area contributed by atoms with Crippen LogP contribution in [0.5, 0.6) is 11.5 Å². The van der Waals surface area contributed by atoms with Gasteiger partial charge in [0.2, 0.25) is 0 Å². The number of hydrogen-bond donors (Lipinski definition) is 0. The largest absolute Gasteiger partial charge is 0.497 e. The topological polar surface area (TPSA) is 38.8 Å². The predicted molar refractivity (Wildman–Crippen MR) is 111 cm³/mol. The van der Waals surface area contributed by atoms with Crippen LogP contribution in [0.2, 0.25) is 5.02 Å². The number of ether oxygens (including phenoxy) is 2. The van der Waals surface area contributed by atoms with Crippen LogP contribution in [0.25, 0.3) is 0 Å². The van der Waals surface area contributed by atoms with Gasteiger partial charge < -0.3 is 14.4 Å². The Morgan fingerprint density at radius 1 is 0.821 bits per heavy atom. The van der Waals surface area contributed by atoms with E-state index in [0.29, 0.717) is 23.7 Å². The number of halogens is 1. The second-order valence-electron chi connectivity index (χ2n) is 6.37. The van der Waals surface area contributed by atoms with Crippen LogP contribution < -0.4 is 9.47 Å². The summed E-state index contributed by atoms with van der Waals surface area (Å²) < 4.78 is 10.4. The van der Waals surface area contributed by atoms with E-state index in [9.17, 15) is 4.79 Å². The summed E-state index contributed by atoms with van der Waals surface area (Å²) in [7, 11) is 3.27. The highest BCUT2D eigenvalue weighted by atomic mass is 35.5. The van der Waals surface area contributed by atoms with E-state index < -0.39 is 0 Å². The van der Waals surface area contributed by atoms with Gasteiger partial charge in [0.05, 0.1) is 14.2 Å². The monoisotopic (exact) mass is 395 g/mol. The van der Waals surface area contributed by atoms with E-state index in [1.807, 2.05) is 48.5 Å². The van der Waals surface area contributed by atoms with Crippen molar-refractivity contribution >= 4 is 17.5 Å². The van der Waals surface area contributed by atoms with Crippen LogP contribution in [-0.4, -0.2) is 25.0 Å². The number of hydrogen-bond acceptors (Lipinski definition) is 3. The summed E-state index contributed by atoms with van der Waals surface area (Å²) in [4.78, 5) is 15.0. The fourth-order valence-electron chi connectivity index (χ4n) is 2.91. The standard InChI is InChI=1S/C23H22ClNO3/c1-27-21-10-6-17(7-11-21)15-25(16-18-8-12-22(28-2)13-9-18)23(26)19-4-3-5-20(24)14-19/h3-14H,15-16H2,1-2H3. The zero-order valence-corrected chi connectivity index (χ0v) is 16.6. The minimum Gasteiger partial charge on any atom is -0.497 e. The summed E-state index contributed by atoms with van der Waals surface area (Å²) in [5, 5.41) is 0.541. The lowest BCUT2D eigenvalue weighted by Crippen LogP contribution is -2.30. The summed E-state index contributed by atoms with van der Waals surface area (Å²) in [6.45, 7) is 0.947. The van der Waals surface area contributed by atoms with Crippen LogP contribution in [0.3, 0.4) is 0 Å². The van der Waals surface area contributed by atoms with Crippen LogP contribution in [0.1, 0.15) is 21.5 Å². The molecule has 28 heavy (non-hydrogen) atoms. The minimum atomic E-state index is -0.0749. The first-order chi connectivity index (χ1) is 13.6. The Morgan fingerprint density at radius 2 is 1.32 bits per heavy atom. The number of nitrogens with zero attached hydrogens (tertiary/aromatic N) is 1. The Labute approximate surface area is 170 Å². The van der Waals surface area contributed by atoms with E-state index in [-0.39, 0.29) is 5.91 Å². The SMILES string of the molecule is COc1ccc(CN(Cc2ccc(OC)cc2)C(=O)c2cccc(Cl)c2)cc1. The molecule has 0 atom stereocenters. The van der Waals surface area contributed by atoms with Gasteiger partial charge in [-0.25, -0.2) is 0 Å². The lowest BCUT2D eigenvalue weighted by Gasteiger charge is -2.23. The minimum absolute atomic E-state index is 0.0749. The third kappa shape index (κ3) is 5.05. The molecular formula is C23H22ClNO3. The fourth-order valence-corrected chi connectivity index (χ4v) is 3.10. The third-order valence-electron chi connectivity index (χ3n) is 4.42. The van der Waals surface area contributed by atoms with Gasteiger partial charge in [0.25, 0.3) is 5.91 Å². The molecule has 0 N–H and O–H groups in total. The molecule has 0 fully saturated rings. The fraction of sp³-hybridized carbons (Fsp3) is 0.174. The van der Waals surface area contributed by atoms with Crippen molar-refractivity contribution in [1.29, 1.82) is 0 Å². The molecular weight excluding hydrogens is 374 g/mol. The third-order valence-corrected chi connectivity index (χ3v) is 4.66. The molecule has 5 heteroatoms. The van der Waals surface area contributed by atoms with Crippen molar-refractivity contribution in [3.05, 3.63) is 94.5 Å². The van der Waals surface area contributed by atoms with Crippen LogP contribution in [0, 0.1) is 0 Å². The zero-order chi connectivity index (χ0) is 19.9. The van der Waals surface area contributed by atoms with Gasteiger partial charge in [-0.15, -0.1) is 0 Å². The van der Waals surface area contributed by atoms with E-state index in [1.54, 1.807) is 43.4 Å². The predicted octanol–water partition coefficient (Wildman–Crippen LogP) is 5.20. The summed E-state index contributed by atoms with van der Waals surface area (Å²) in [5.41, 5.74) is 2.60. The highest BCUT2D eigenvalue weighted by Gasteiger charge is 2.17. The Morgan fingerprint density at radius 3 is 1.75 bits per heavy atom. The highest BCUT2D eigenvalue weighted by Crippen LogP contribution is 2.20. The lowest BCUT2D eigenvalue weighted by molar-refractivity contribution is 0.0730. The Kier molecular flexibility index (Phi) is 6.56. The van der Waals surface area contributed by atoms with Gasteiger partial charge in [-0.05, 0) is 53.6 Å². The van der Waals surface area contributed by atoms with Gasteiger partial charge in [0.1, 0.15) is 11.5 Å². The number of amides is 1. The molecule has 0 saturated carbocycles. The van der Waals surface area contributed by atoms with E-state index in [4.69, 9.17) is 21.1 Å². The summed E-state index contributed by atoms with van der Waals surface area (Å²) in [5.74, 6) is 1.49. The van der Waals surface area contributed by atoms with Crippen LogP contribution >= 0.6 is 11.6 Å². The zero-order valence-electron chi connectivity index (χ0n) is 15.9. The molecule has 0 spiro atoms. The molecule has 0 radical (unpaired) electrons. The molecule has 0 aromatic heterocycles. The average Bonchev–Trinajstić information content (AvgIpc) is 2.74. The van der Waals surface area contributed by atoms with Crippen molar-refractivity contribution in [1.82, 2.24) is 4.90 Å². The summed E-state index contributed by atoms with van der Waals surface area (Å²) in [6.07, 6.45) is 0. The maximum Gasteiger partial charge on any atom is 0.254 e. The maximum atomic E-state index is 13.2. The second-order valence-corrected chi connectivity index (χ2v) is 6.80. The number of carbonyl (C=O) groups is 1. The normalized spacial score (nSPS) is 10.4. The maximum absolute atomic E-state index is 13.2. The summed E-state index contributed by atoms with van der Waals surface area (Å²) in [6, 6.07) is 22.4. The molecule has 1 amide bonds. The van der Waals surface area contributed by atoms with Gasteiger partial charge in [-0.1, -0.05) is 41.9 Å². The molecule has 0 saturated heterocycles. The number of methoxy groups -OCH3 is 2. The second kappa shape index (κ2) is 9.29. The molecule has 0 aliphatic heterocycles. The van der Waals surface area contributed by atoms with E-state index in [0.717, 1.165) is 22.6 Å². The van der Waals surface area contributed by atoms with Gasteiger partial charge in [0, 0.05) is 23.7 Å². The van der Waals surface area contributed by atoms with Crippen LogP contribution in [0.4, 0.5) is 0 Å². The van der Waals surface area contributed by atoms with Crippen LogP contribution in [0.15, 0.2) is 72.8 Å². The number of carbonyl (C=O) groups excluding carboxylic acids is 1. The Bertz CT molecular complexity index is 874. The van der Waals surface area contributed by atoms with Crippen molar-refractivity contribution in [2.24, 2.45) is 0 Å². The molecule has 3 aromatic carbocycles. The van der Waals surface area contributed by atoms with Crippen molar-refractivity contribution in [3.63, 3.8) is 0 Å². The quantitative estimate of drug-likeness (QED) is 0.552. The van der Waals surface area contributed by atoms with Gasteiger partial charge >= 0.3 is 0 Å². The average molecular weight is 396 g/mol. The van der Waals surface area contributed by atoms with Gasteiger partial charge in [-0.3, -0.25) is 4.79 Å². The molecule has 0 aliphatic rings. The molecule has 0 bridgehead atoms. The molecule has 0 heterocycles. The lowest BCUT2D eigenvalue weighted by atomic mass is 10.1. The van der Waals surface area contributed by atoms with E-state index in [2.05, 4.69) is 0 Å². The van der Waals surface area contributed by atoms with Gasteiger partial charge in [0.15, 0.2) is 0 Å². The van der Waals surface area contributed by atoms with Crippen molar-refractivity contribution in [2.45, 2.75) is 13.1 Å². The number of benzene rings is 3. The molecule has 144 valence electrons. The molecule has 4 nitrogen and oxygen atoms in total. The van der Waals surface area contributed by atoms with Crippen molar-refractivity contribution < 1.29 is 14.3 Å². The summed E-state index contributed by atoms with van der Waals surface area (Å²) >= 11 is 6.08. The smallest absolute Gasteiger partial charge is 0.254 e. The first-order valence-electron chi connectivity index (χ1n) is 8.90. The Balaban J connectivity index is 1.86. The molecule has 0 aliphatic carbocycles. The van der Waals surface area contributed by atoms with E-state index >= 15 is 0 Å². The molecule has 3 aromatic rings. The Hall–Kier alpha value is -2.98. The highest BCUT2D eigenvalue weighted by molar-refractivity contribution is 6.30.